The average Bonchev–Trinajstić information content (AvgIpc) is 2.78. The molecule has 2 aromatic carbocycles. The number of carbonyl (C=O) groups is 1. The summed E-state index contributed by atoms with van der Waals surface area (Å²) in [7, 11) is 0. The highest BCUT2D eigenvalue weighted by molar-refractivity contribution is 5.98. The van der Waals surface area contributed by atoms with Gasteiger partial charge in [0.15, 0.2) is 5.82 Å². The first-order valence-corrected chi connectivity index (χ1v) is 10.2. The highest BCUT2D eigenvalue weighted by atomic mass is 16.1. The molecule has 0 aliphatic carbocycles. The number of carbonyl (C=O) groups excluding carboxylic acids is 1. The highest BCUT2D eigenvalue weighted by Crippen LogP contribution is 2.25. The zero-order valence-corrected chi connectivity index (χ0v) is 16.8. The molecule has 2 heterocycles. The van der Waals surface area contributed by atoms with Crippen LogP contribution in [-0.4, -0.2) is 29.0 Å². The van der Waals surface area contributed by atoms with Crippen molar-refractivity contribution in [1.82, 2.24) is 15.3 Å². The van der Waals surface area contributed by atoms with Gasteiger partial charge in [-0.05, 0) is 37.8 Å². The molecule has 5 nitrogen and oxygen atoms in total. The largest absolute Gasteiger partial charge is 0.356 e. The van der Waals surface area contributed by atoms with Gasteiger partial charge in [-0.2, -0.15) is 0 Å². The Labute approximate surface area is 171 Å². The van der Waals surface area contributed by atoms with E-state index < -0.39 is 0 Å². The molecule has 4 rings (SSSR count). The fraction of sp³-hybridized carbons (Fsp3) is 0.292. The topological polar surface area (TPSA) is 58.1 Å². The highest BCUT2D eigenvalue weighted by Gasteiger charge is 2.22. The summed E-state index contributed by atoms with van der Waals surface area (Å²) < 4.78 is 0. The van der Waals surface area contributed by atoms with Crippen molar-refractivity contribution >= 4 is 11.7 Å². The molecule has 1 aromatic heterocycles. The Morgan fingerprint density at radius 1 is 1.03 bits per heavy atom. The van der Waals surface area contributed by atoms with E-state index in [0.29, 0.717) is 17.9 Å². The number of nitrogens with one attached hydrogen (secondary N) is 1. The van der Waals surface area contributed by atoms with Crippen molar-refractivity contribution in [3.63, 3.8) is 0 Å². The first kappa shape index (κ1) is 19.1. The molecule has 1 saturated heterocycles. The van der Waals surface area contributed by atoms with Crippen LogP contribution in [0.15, 0.2) is 60.8 Å². The Hall–Kier alpha value is -3.21. The summed E-state index contributed by atoms with van der Waals surface area (Å²) in [4.78, 5) is 24.6. The lowest BCUT2D eigenvalue weighted by molar-refractivity contribution is 0.0950. The number of piperidine rings is 1. The van der Waals surface area contributed by atoms with E-state index in [1.165, 1.54) is 6.42 Å². The second-order valence-electron chi connectivity index (χ2n) is 7.52. The molecule has 1 aliphatic heterocycles. The van der Waals surface area contributed by atoms with Crippen LogP contribution in [0.2, 0.25) is 0 Å². The third-order valence-electron chi connectivity index (χ3n) is 5.24. The first-order valence-electron chi connectivity index (χ1n) is 10.2. The maximum atomic E-state index is 13.0. The van der Waals surface area contributed by atoms with Crippen LogP contribution in [0.1, 0.15) is 40.7 Å². The number of hydrogen-bond donors (Lipinski definition) is 1. The number of aryl methyl sites for hydroxylation is 1. The number of hydrogen-bond acceptors (Lipinski definition) is 4. The van der Waals surface area contributed by atoms with Gasteiger partial charge in [0.2, 0.25) is 0 Å². The van der Waals surface area contributed by atoms with E-state index in [9.17, 15) is 4.79 Å². The van der Waals surface area contributed by atoms with Crippen LogP contribution in [-0.2, 0) is 6.54 Å². The van der Waals surface area contributed by atoms with Crippen LogP contribution in [0.3, 0.4) is 0 Å². The van der Waals surface area contributed by atoms with Gasteiger partial charge < -0.3 is 10.2 Å². The fourth-order valence-electron chi connectivity index (χ4n) is 3.68. The second-order valence-corrected chi connectivity index (χ2v) is 7.52. The normalized spacial score (nSPS) is 13.9. The molecule has 0 saturated carbocycles. The number of anilines is 1. The quantitative estimate of drug-likeness (QED) is 0.707. The van der Waals surface area contributed by atoms with Crippen molar-refractivity contribution in [2.45, 2.75) is 32.7 Å². The molecular formula is C24H26N4O. The van der Waals surface area contributed by atoms with E-state index in [2.05, 4.69) is 34.3 Å². The lowest BCUT2D eigenvalue weighted by Gasteiger charge is -2.29. The maximum Gasteiger partial charge on any atom is 0.256 e. The van der Waals surface area contributed by atoms with E-state index in [1.807, 2.05) is 42.5 Å². The maximum absolute atomic E-state index is 13.0. The monoisotopic (exact) mass is 386 g/mol. The van der Waals surface area contributed by atoms with Crippen molar-refractivity contribution in [3.05, 3.63) is 77.5 Å². The van der Waals surface area contributed by atoms with Gasteiger partial charge in [0.25, 0.3) is 5.91 Å². The predicted molar refractivity (Wildman–Crippen MR) is 116 cm³/mol. The van der Waals surface area contributed by atoms with E-state index in [1.54, 1.807) is 6.20 Å². The Morgan fingerprint density at radius 3 is 2.59 bits per heavy atom. The number of amides is 1. The molecule has 5 heteroatoms. The van der Waals surface area contributed by atoms with Gasteiger partial charge in [0.05, 0.1) is 0 Å². The van der Waals surface area contributed by atoms with E-state index in [0.717, 1.165) is 48.4 Å². The van der Waals surface area contributed by atoms with Gasteiger partial charge in [0.1, 0.15) is 11.4 Å². The summed E-state index contributed by atoms with van der Waals surface area (Å²) in [6, 6.07) is 18.1. The van der Waals surface area contributed by atoms with Crippen LogP contribution in [0.4, 0.5) is 5.82 Å². The van der Waals surface area contributed by atoms with Crippen LogP contribution < -0.4 is 10.2 Å². The molecule has 0 bridgehead atoms. The molecule has 0 radical (unpaired) electrons. The predicted octanol–water partition coefficient (Wildman–Crippen LogP) is 4.37. The molecule has 29 heavy (non-hydrogen) atoms. The Balaban J connectivity index is 1.63. The Kier molecular flexibility index (Phi) is 5.84. The molecule has 148 valence electrons. The van der Waals surface area contributed by atoms with Crippen LogP contribution in [0, 0.1) is 6.92 Å². The van der Waals surface area contributed by atoms with Crippen LogP contribution in [0.5, 0.6) is 0 Å². The van der Waals surface area contributed by atoms with Crippen molar-refractivity contribution in [2.24, 2.45) is 0 Å². The molecule has 1 amide bonds. The third-order valence-corrected chi connectivity index (χ3v) is 5.24. The zero-order valence-electron chi connectivity index (χ0n) is 16.8. The van der Waals surface area contributed by atoms with Gasteiger partial charge in [-0.3, -0.25) is 4.79 Å². The standard InChI is InChI=1S/C24H26N4O/c1-18-9-8-12-20(15-18)22-25-17-21(23(27-22)28-13-6-3-7-14-28)24(29)26-16-19-10-4-2-5-11-19/h2,4-5,8-12,15,17H,3,6-7,13-14,16H2,1H3,(H,26,29). The molecule has 0 unspecified atom stereocenters. The summed E-state index contributed by atoms with van der Waals surface area (Å²) in [5, 5.41) is 3.02. The van der Waals surface area contributed by atoms with Gasteiger partial charge in [-0.15, -0.1) is 0 Å². The lowest BCUT2D eigenvalue weighted by atomic mass is 10.1. The van der Waals surface area contributed by atoms with Crippen molar-refractivity contribution in [1.29, 1.82) is 0 Å². The van der Waals surface area contributed by atoms with Crippen LogP contribution in [0.25, 0.3) is 11.4 Å². The number of nitrogens with zero attached hydrogens (tertiary/aromatic N) is 3. The zero-order chi connectivity index (χ0) is 20.1. The third kappa shape index (κ3) is 4.62. The van der Waals surface area contributed by atoms with Gasteiger partial charge >= 0.3 is 0 Å². The van der Waals surface area contributed by atoms with Crippen LogP contribution >= 0.6 is 0 Å². The second kappa shape index (κ2) is 8.86. The smallest absolute Gasteiger partial charge is 0.256 e. The molecular weight excluding hydrogens is 360 g/mol. The minimum Gasteiger partial charge on any atom is -0.356 e. The summed E-state index contributed by atoms with van der Waals surface area (Å²) >= 11 is 0. The number of benzene rings is 2. The van der Waals surface area contributed by atoms with Gasteiger partial charge in [-0.25, -0.2) is 9.97 Å². The Bertz CT molecular complexity index is 981. The van der Waals surface area contributed by atoms with Gasteiger partial charge in [-0.1, -0.05) is 54.1 Å². The number of aromatic nitrogens is 2. The average molecular weight is 386 g/mol. The summed E-state index contributed by atoms with van der Waals surface area (Å²) in [5.41, 5.74) is 3.74. The summed E-state index contributed by atoms with van der Waals surface area (Å²) in [5.74, 6) is 1.26. The van der Waals surface area contributed by atoms with E-state index in [4.69, 9.17) is 4.98 Å². The molecule has 0 atom stereocenters. The van der Waals surface area contributed by atoms with E-state index >= 15 is 0 Å². The molecule has 1 N–H and O–H groups in total. The minimum absolute atomic E-state index is 0.134. The fourth-order valence-corrected chi connectivity index (χ4v) is 3.68. The SMILES string of the molecule is Cc1cccc(-c2ncc(C(=O)NCc3ccccc3)c(N3CCCCC3)n2)c1. The van der Waals surface area contributed by atoms with Gasteiger partial charge in [0, 0.05) is 31.4 Å². The van der Waals surface area contributed by atoms with Crippen molar-refractivity contribution in [2.75, 3.05) is 18.0 Å². The molecule has 0 spiro atoms. The lowest BCUT2D eigenvalue weighted by Crippen LogP contribution is -2.33. The Morgan fingerprint density at radius 2 is 1.83 bits per heavy atom. The summed E-state index contributed by atoms with van der Waals surface area (Å²) in [6.45, 7) is 4.38. The van der Waals surface area contributed by atoms with Crippen molar-refractivity contribution < 1.29 is 4.79 Å². The number of rotatable bonds is 5. The molecule has 3 aromatic rings. The molecule has 1 fully saturated rings. The minimum atomic E-state index is -0.134. The molecule has 1 aliphatic rings. The summed E-state index contributed by atoms with van der Waals surface area (Å²) in [6.07, 6.45) is 5.14. The first-order chi connectivity index (χ1) is 14.2. The van der Waals surface area contributed by atoms with Crippen molar-refractivity contribution in [3.8, 4) is 11.4 Å². The van der Waals surface area contributed by atoms with E-state index in [-0.39, 0.29) is 5.91 Å².